The van der Waals surface area contributed by atoms with E-state index in [4.69, 9.17) is 0 Å². The number of nitrogens with one attached hydrogen (secondary N) is 1. The number of carbonyl (C=O) groups excluding carboxylic acids is 1. The molecule has 1 aliphatic rings. The van der Waals surface area contributed by atoms with Crippen molar-refractivity contribution in [3.63, 3.8) is 0 Å². The first-order valence-corrected chi connectivity index (χ1v) is 7.61. The number of hydrazone groups is 1. The summed E-state index contributed by atoms with van der Waals surface area (Å²) in [7, 11) is 0. The highest BCUT2D eigenvalue weighted by atomic mass is 19.4. The third-order valence-corrected chi connectivity index (χ3v) is 4.05. The van der Waals surface area contributed by atoms with Crippen LogP contribution in [0.4, 0.5) is 17.6 Å². The maximum absolute atomic E-state index is 13.2. The van der Waals surface area contributed by atoms with E-state index in [-0.39, 0.29) is 23.2 Å². The zero-order valence-corrected chi connectivity index (χ0v) is 12.9. The Hall–Kier alpha value is -2.70. The highest BCUT2D eigenvalue weighted by molar-refractivity contribution is 5.86. The lowest BCUT2D eigenvalue weighted by molar-refractivity contribution is -0.137. The second kappa shape index (κ2) is 6.66. The molecule has 0 radical (unpaired) electrons. The summed E-state index contributed by atoms with van der Waals surface area (Å²) in [5, 5.41) is 3.62. The minimum Gasteiger partial charge on any atom is -0.273 e. The molecule has 0 saturated heterocycles. The van der Waals surface area contributed by atoms with Crippen LogP contribution in [-0.2, 0) is 11.0 Å². The molecule has 1 saturated carbocycles. The van der Waals surface area contributed by atoms with Crippen LogP contribution in [0.15, 0.2) is 53.6 Å². The van der Waals surface area contributed by atoms with Gasteiger partial charge >= 0.3 is 6.18 Å². The number of carbonyl (C=O) groups is 1. The molecule has 0 heterocycles. The number of amides is 1. The minimum atomic E-state index is -4.49. The van der Waals surface area contributed by atoms with Gasteiger partial charge in [0, 0.05) is 11.5 Å². The molecule has 1 amide bonds. The summed E-state index contributed by atoms with van der Waals surface area (Å²) < 4.78 is 51.8. The summed E-state index contributed by atoms with van der Waals surface area (Å²) in [5.41, 5.74) is 2.03. The average Bonchev–Trinajstić information content (AvgIpc) is 3.35. The fourth-order valence-corrected chi connectivity index (χ4v) is 2.71. The minimum absolute atomic E-state index is 0.0895. The van der Waals surface area contributed by atoms with Crippen LogP contribution in [0.1, 0.15) is 29.0 Å². The molecule has 130 valence electrons. The smallest absolute Gasteiger partial charge is 0.273 e. The second-order valence-electron chi connectivity index (χ2n) is 5.82. The third kappa shape index (κ3) is 4.04. The zero-order chi connectivity index (χ0) is 18.0. The van der Waals surface area contributed by atoms with Crippen molar-refractivity contribution in [1.29, 1.82) is 0 Å². The summed E-state index contributed by atoms with van der Waals surface area (Å²) in [5.74, 6) is -1.20. The number of hydrogen-bond donors (Lipinski definition) is 1. The van der Waals surface area contributed by atoms with Crippen LogP contribution in [0.5, 0.6) is 0 Å². The van der Waals surface area contributed by atoms with Crippen LogP contribution in [-0.4, -0.2) is 12.1 Å². The van der Waals surface area contributed by atoms with Crippen LogP contribution < -0.4 is 5.43 Å². The summed E-state index contributed by atoms with van der Waals surface area (Å²) in [6, 6.07) is 11.0. The number of benzene rings is 2. The summed E-state index contributed by atoms with van der Waals surface area (Å²) in [6.07, 6.45) is -2.96. The molecular formula is C18H14F4N2O. The number of halogens is 4. The van der Waals surface area contributed by atoms with Crippen LogP contribution in [0.2, 0.25) is 0 Å². The third-order valence-electron chi connectivity index (χ3n) is 4.05. The van der Waals surface area contributed by atoms with Crippen LogP contribution in [0, 0.1) is 11.7 Å². The fraction of sp³-hybridized carbons (Fsp3) is 0.222. The number of alkyl halides is 3. The molecule has 2 aromatic rings. The standard InChI is InChI=1S/C18H14F4N2O/c19-13-6-3-5-11(8-13)14-9-15(14)17(25)24-23-10-12-4-1-2-7-16(12)18(20,21)22/h1-8,10,14-15H,9H2,(H,24,25)/b23-10+. The topological polar surface area (TPSA) is 41.5 Å². The number of nitrogens with zero attached hydrogens (tertiary/aromatic N) is 1. The van der Waals surface area contributed by atoms with Gasteiger partial charge in [-0.3, -0.25) is 4.79 Å². The first kappa shape index (κ1) is 17.1. The van der Waals surface area contributed by atoms with Gasteiger partial charge in [-0.15, -0.1) is 0 Å². The van der Waals surface area contributed by atoms with Gasteiger partial charge in [0.15, 0.2) is 0 Å². The van der Waals surface area contributed by atoms with Gasteiger partial charge in [-0.1, -0.05) is 30.3 Å². The van der Waals surface area contributed by atoms with E-state index in [1.165, 1.54) is 30.3 Å². The number of rotatable bonds is 4. The van der Waals surface area contributed by atoms with Gasteiger partial charge in [0.25, 0.3) is 0 Å². The van der Waals surface area contributed by atoms with Crippen LogP contribution in [0.25, 0.3) is 0 Å². The van der Waals surface area contributed by atoms with Gasteiger partial charge in [0.05, 0.1) is 11.8 Å². The van der Waals surface area contributed by atoms with Gasteiger partial charge in [-0.2, -0.15) is 18.3 Å². The Labute approximate surface area is 141 Å². The molecular weight excluding hydrogens is 336 g/mol. The molecule has 0 spiro atoms. The summed E-state index contributed by atoms with van der Waals surface area (Å²) in [4.78, 5) is 12.0. The lowest BCUT2D eigenvalue weighted by Gasteiger charge is -2.09. The predicted molar refractivity (Wildman–Crippen MR) is 84.4 cm³/mol. The fourth-order valence-electron chi connectivity index (χ4n) is 2.71. The molecule has 3 nitrogen and oxygen atoms in total. The molecule has 0 aliphatic heterocycles. The summed E-state index contributed by atoms with van der Waals surface area (Å²) >= 11 is 0. The quantitative estimate of drug-likeness (QED) is 0.503. The Morgan fingerprint density at radius 1 is 1.16 bits per heavy atom. The second-order valence-corrected chi connectivity index (χ2v) is 5.82. The van der Waals surface area contributed by atoms with Crippen molar-refractivity contribution < 1.29 is 22.4 Å². The highest BCUT2D eigenvalue weighted by Gasteiger charge is 2.44. The molecule has 1 aliphatic carbocycles. The van der Waals surface area contributed by atoms with Crippen molar-refractivity contribution in [1.82, 2.24) is 5.43 Å². The molecule has 1 fully saturated rings. The molecule has 2 unspecified atom stereocenters. The molecule has 0 aromatic heterocycles. The van der Waals surface area contributed by atoms with Crippen molar-refractivity contribution in [3.8, 4) is 0 Å². The van der Waals surface area contributed by atoms with E-state index in [9.17, 15) is 22.4 Å². The van der Waals surface area contributed by atoms with E-state index < -0.39 is 17.6 Å². The molecule has 0 bridgehead atoms. The molecule has 7 heteroatoms. The van der Waals surface area contributed by atoms with Crippen molar-refractivity contribution in [2.24, 2.45) is 11.0 Å². The monoisotopic (exact) mass is 350 g/mol. The van der Waals surface area contributed by atoms with E-state index in [1.807, 2.05) is 0 Å². The Kier molecular flexibility index (Phi) is 4.57. The summed E-state index contributed by atoms with van der Waals surface area (Å²) in [6.45, 7) is 0. The highest BCUT2D eigenvalue weighted by Crippen LogP contribution is 2.47. The van der Waals surface area contributed by atoms with E-state index in [1.54, 1.807) is 12.1 Å². The average molecular weight is 350 g/mol. The van der Waals surface area contributed by atoms with E-state index >= 15 is 0 Å². The SMILES string of the molecule is O=C(N/N=C/c1ccccc1C(F)(F)F)C1CC1c1cccc(F)c1. The van der Waals surface area contributed by atoms with Crippen molar-refractivity contribution in [2.45, 2.75) is 18.5 Å². The van der Waals surface area contributed by atoms with Crippen molar-refractivity contribution in [2.75, 3.05) is 0 Å². The molecule has 3 rings (SSSR count). The first-order chi connectivity index (χ1) is 11.9. The Balaban J connectivity index is 1.62. The zero-order valence-electron chi connectivity index (χ0n) is 12.9. The van der Waals surface area contributed by atoms with Gasteiger partial charge in [0.2, 0.25) is 5.91 Å². The van der Waals surface area contributed by atoms with Crippen molar-refractivity contribution >= 4 is 12.1 Å². The normalized spacial score (nSPS) is 19.8. The Morgan fingerprint density at radius 2 is 1.92 bits per heavy atom. The molecule has 2 atom stereocenters. The maximum Gasteiger partial charge on any atom is 0.417 e. The Bertz CT molecular complexity index is 817. The Morgan fingerprint density at radius 3 is 2.64 bits per heavy atom. The lowest BCUT2D eigenvalue weighted by Crippen LogP contribution is -2.20. The largest absolute Gasteiger partial charge is 0.417 e. The molecule has 2 aromatic carbocycles. The van der Waals surface area contributed by atoms with Gasteiger partial charge in [-0.25, -0.2) is 9.82 Å². The van der Waals surface area contributed by atoms with Gasteiger partial charge < -0.3 is 0 Å². The number of hydrogen-bond acceptors (Lipinski definition) is 2. The van der Waals surface area contributed by atoms with E-state index in [0.717, 1.165) is 17.8 Å². The molecule has 1 N–H and O–H groups in total. The van der Waals surface area contributed by atoms with Crippen LogP contribution in [0.3, 0.4) is 0 Å². The van der Waals surface area contributed by atoms with E-state index in [0.29, 0.717) is 6.42 Å². The first-order valence-electron chi connectivity index (χ1n) is 7.61. The van der Waals surface area contributed by atoms with Crippen molar-refractivity contribution in [3.05, 3.63) is 71.0 Å². The lowest BCUT2D eigenvalue weighted by atomic mass is 10.1. The van der Waals surface area contributed by atoms with Gasteiger partial charge in [0.1, 0.15) is 5.82 Å². The predicted octanol–water partition coefficient (Wildman–Crippen LogP) is 4.10. The van der Waals surface area contributed by atoms with Gasteiger partial charge in [-0.05, 0) is 36.1 Å². The molecule has 25 heavy (non-hydrogen) atoms. The maximum atomic E-state index is 13.2. The van der Waals surface area contributed by atoms with E-state index in [2.05, 4.69) is 10.5 Å². The van der Waals surface area contributed by atoms with Crippen LogP contribution >= 0.6 is 0 Å².